The van der Waals surface area contributed by atoms with E-state index >= 15 is 0 Å². The Kier molecular flexibility index (Phi) is 1.62. The summed E-state index contributed by atoms with van der Waals surface area (Å²) in [5.74, 6) is 0. The highest BCUT2D eigenvalue weighted by Crippen LogP contribution is 2.07. The zero-order valence-corrected chi connectivity index (χ0v) is 5.80. The van der Waals surface area contributed by atoms with E-state index in [1.165, 1.54) is 5.01 Å². The number of hydrogen-bond acceptors (Lipinski definition) is 2. The lowest BCUT2D eigenvalue weighted by Crippen LogP contribution is -2.61. The molecule has 1 aliphatic heterocycles. The smallest absolute Gasteiger partial charge is 0.327 e. The van der Waals surface area contributed by atoms with Crippen LogP contribution in [0.25, 0.3) is 0 Å². The summed E-state index contributed by atoms with van der Waals surface area (Å²) in [6, 6.07) is 0. The molecular weight excluding hydrogens is 136 g/mol. The van der Waals surface area contributed by atoms with Gasteiger partial charge in [0.1, 0.15) is 0 Å². The third kappa shape index (κ3) is 0.766. The van der Waals surface area contributed by atoms with Gasteiger partial charge in [0, 0.05) is 13.5 Å². The summed E-state index contributed by atoms with van der Waals surface area (Å²) < 4.78 is 0. The van der Waals surface area contributed by atoms with Gasteiger partial charge < -0.3 is 5.73 Å². The van der Waals surface area contributed by atoms with Gasteiger partial charge in [0.25, 0.3) is 0 Å². The largest absolute Gasteiger partial charge is 0.394 e. The lowest BCUT2D eigenvalue weighted by molar-refractivity contribution is -1.34. The lowest BCUT2D eigenvalue weighted by atomic mass is 10.5. The van der Waals surface area contributed by atoms with Crippen molar-refractivity contribution in [3.8, 4) is 0 Å². The second-order valence-corrected chi connectivity index (χ2v) is 2.17. The second kappa shape index (κ2) is 2.30. The van der Waals surface area contributed by atoms with E-state index in [4.69, 9.17) is 16.1 Å². The molecule has 4 N–H and O–H groups in total. The van der Waals surface area contributed by atoms with E-state index in [9.17, 15) is 0 Å². The van der Waals surface area contributed by atoms with Gasteiger partial charge in [-0.3, -0.25) is 5.21 Å². The molecule has 0 saturated carbocycles. The fourth-order valence-electron chi connectivity index (χ4n) is 0.897. The van der Waals surface area contributed by atoms with Gasteiger partial charge in [0.05, 0.1) is 5.01 Å². The Morgan fingerprint density at radius 3 is 2.60 bits per heavy atom. The minimum Gasteiger partial charge on any atom is -0.327 e. The summed E-state index contributed by atoms with van der Waals surface area (Å²) in [5.41, 5.74) is 5.23. The average Bonchev–Trinajstić information content (AvgIpc) is 1.98. The van der Waals surface area contributed by atoms with Gasteiger partial charge in [-0.15, -0.1) is 0 Å². The Morgan fingerprint density at radius 2 is 2.20 bits per heavy atom. The molecule has 0 aliphatic carbocycles. The zero-order chi connectivity index (χ0) is 7.72. The van der Waals surface area contributed by atoms with Gasteiger partial charge in [-0.05, 0) is 0 Å². The summed E-state index contributed by atoms with van der Waals surface area (Å²) in [4.78, 5) is 1.35. The molecule has 1 heterocycles. The Balaban J connectivity index is 2.53. The van der Waals surface area contributed by atoms with Crippen molar-refractivity contribution in [1.29, 1.82) is 0 Å². The molecule has 1 rings (SSSR count). The van der Waals surface area contributed by atoms with Gasteiger partial charge in [0.2, 0.25) is 4.86 Å². The summed E-state index contributed by atoms with van der Waals surface area (Å²) in [6.45, 7) is 2.74. The quantitative estimate of drug-likeness (QED) is 0.429. The van der Waals surface area contributed by atoms with E-state index in [1.54, 1.807) is 6.92 Å². The van der Waals surface area contributed by atoms with Crippen LogP contribution in [0.4, 0.5) is 0 Å². The van der Waals surface area contributed by atoms with Crippen LogP contribution in [0.1, 0.15) is 6.92 Å². The van der Waals surface area contributed by atoms with E-state index < -0.39 is 0 Å². The van der Waals surface area contributed by atoms with Crippen LogP contribution < -0.4 is 5.73 Å². The van der Waals surface area contributed by atoms with Crippen molar-refractivity contribution in [3.05, 3.63) is 0 Å². The molecule has 0 bridgehead atoms. The first-order chi connectivity index (χ1) is 4.68. The molecule has 0 saturated heterocycles. The fraction of sp³-hybridized carbons (Fsp3) is 1.00. The van der Waals surface area contributed by atoms with E-state index in [-0.39, 0.29) is 6.17 Å². The average molecular weight is 148 g/mol. The summed E-state index contributed by atoms with van der Waals surface area (Å²) in [6.07, 6.45) is -0.187. The summed E-state index contributed by atoms with van der Waals surface area (Å²) >= 11 is 0. The van der Waals surface area contributed by atoms with Crippen molar-refractivity contribution in [2.75, 3.05) is 13.1 Å². The molecule has 0 radical (unpaired) electrons. The highest BCUT2D eigenvalue weighted by molar-refractivity contribution is 4.44. The molecule has 0 aromatic carbocycles. The van der Waals surface area contributed by atoms with Crippen molar-refractivity contribution >= 4 is 0 Å². The number of hydrazine groups is 1. The van der Waals surface area contributed by atoms with Crippen LogP contribution in [-0.4, -0.2) is 44.5 Å². The Hall–Kier alpha value is -1.04. The fourth-order valence-corrected chi connectivity index (χ4v) is 0.897. The van der Waals surface area contributed by atoms with Crippen LogP contribution in [0.15, 0.2) is 0 Å². The number of hydrogen-bond donors (Lipinski definition) is 3. The molecule has 1 unspecified atom stereocenters. The molecule has 0 aromatic rings. The Bertz CT molecular complexity index is 169. The molecule has 0 aromatic heterocycles. The monoisotopic (exact) mass is 148 g/mol. The molecule has 0 amide bonds. The molecule has 0 spiro atoms. The van der Waals surface area contributed by atoms with Gasteiger partial charge in [-0.2, -0.15) is 0 Å². The molecular formula is C4H12N4O2+2. The normalized spacial score (nSPS) is 25.0. The van der Waals surface area contributed by atoms with E-state index in [2.05, 4.69) is 0 Å². The van der Waals surface area contributed by atoms with Crippen molar-refractivity contribution in [3.63, 3.8) is 0 Å². The Morgan fingerprint density at radius 1 is 1.60 bits per heavy atom. The van der Waals surface area contributed by atoms with Crippen LogP contribution >= 0.6 is 0 Å². The lowest BCUT2D eigenvalue weighted by Gasteiger charge is -2.14. The molecule has 6 nitrogen and oxygen atoms in total. The first-order valence-electron chi connectivity index (χ1n) is 3.12. The number of nitrogens with two attached hydrogens (primary N) is 1. The maximum absolute atomic E-state index is 8.86. The molecule has 0 fully saturated rings. The predicted molar refractivity (Wildman–Crippen MR) is 29.3 cm³/mol. The minimum atomic E-state index is -0.187. The van der Waals surface area contributed by atoms with Crippen molar-refractivity contribution in [2.24, 2.45) is 5.73 Å². The molecule has 1 aliphatic rings. The highest BCUT2D eigenvalue weighted by atomic mass is 16.7. The zero-order valence-electron chi connectivity index (χ0n) is 5.80. The number of hydroxylamine groups is 1. The summed E-state index contributed by atoms with van der Waals surface area (Å²) in [7, 11) is 0. The third-order valence-corrected chi connectivity index (χ3v) is 1.54. The van der Waals surface area contributed by atoms with Crippen molar-refractivity contribution < 1.29 is 20.2 Å². The highest BCUT2D eigenvalue weighted by Gasteiger charge is 2.55. The van der Waals surface area contributed by atoms with E-state index in [0.717, 1.165) is 4.86 Å². The van der Waals surface area contributed by atoms with Gasteiger partial charge >= 0.3 is 11.1 Å². The molecule has 10 heavy (non-hydrogen) atoms. The van der Waals surface area contributed by atoms with Crippen molar-refractivity contribution in [1.82, 2.24) is 5.01 Å². The second-order valence-electron chi connectivity index (χ2n) is 2.17. The topological polar surface area (TPSA) is 75.7 Å². The summed E-state index contributed by atoms with van der Waals surface area (Å²) in [5, 5.41) is 19.2. The van der Waals surface area contributed by atoms with Crippen LogP contribution in [0, 0.1) is 0 Å². The van der Waals surface area contributed by atoms with E-state index in [1.807, 2.05) is 0 Å². The third-order valence-electron chi connectivity index (χ3n) is 1.54. The van der Waals surface area contributed by atoms with Gasteiger partial charge in [-0.1, -0.05) is 0 Å². The SMILES string of the molecule is CC1N(CCN)[N+](O)=[N+]1O. The molecule has 6 heteroatoms. The first kappa shape index (κ1) is 7.07. The maximum atomic E-state index is 8.86. The number of rotatable bonds is 2. The minimum absolute atomic E-state index is 0.187. The maximum Gasteiger partial charge on any atom is 0.394 e. The molecule has 1 atom stereocenters. The van der Waals surface area contributed by atoms with Crippen LogP contribution in [0.3, 0.4) is 0 Å². The van der Waals surface area contributed by atoms with Crippen molar-refractivity contribution in [2.45, 2.75) is 13.1 Å². The predicted octanol–water partition coefficient (Wildman–Crippen LogP) is -1.22. The van der Waals surface area contributed by atoms with Gasteiger partial charge in [-0.25, -0.2) is 5.21 Å². The first-order valence-corrected chi connectivity index (χ1v) is 3.12. The van der Waals surface area contributed by atoms with Gasteiger partial charge in [0.15, 0.2) is 6.54 Å². The Labute approximate surface area is 58.3 Å². The molecule has 58 valence electrons. The van der Waals surface area contributed by atoms with E-state index in [0.29, 0.717) is 18.1 Å². The standard InChI is InChI=1S/C4H12N4O2/c1-4-6(3-2-5)8(10)7(4)9/h4,9-10H,2-3,5H2,1H3/q+2. The van der Waals surface area contributed by atoms with Crippen LogP contribution in [0.5, 0.6) is 0 Å². The number of nitrogens with zero attached hydrogens (tertiary/aromatic N) is 3. The van der Waals surface area contributed by atoms with Crippen LogP contribution in [-0.2, 0) is 0 Å². The van der Waals surface area contributed by atoms with Crippen LogP contribution in [0.2, 0.25) is 0 Å².